The number of piperidine rings is 1. The van der Waals surface area contributed by atoms with Crippen LogP contribution in [-0.2, 0) is 10.0 Å². The van der Waals surface area contributed by atoms with E-state index in [2.05, 4.69) is 27.1 Å². The summed E-state index contributed by atoms with van der Waals surface area (Å²) < 4.78 is 24.9. The lowest BCUT2D eigenvalue weighted by Crippen LogP contribution is -2.37. The molecule has 3 aromatic rings. The molecule has 27 heavy (non-hydrogen) atoms. The fourth-order valence-electron chi connectivity index (χ4n) is 3.53. The van der Waals surface area contributed by atoms with E-state index in [9.17, 15) is 8.42 Å². The van der Waals surface area contributed by atoms with Crippen LogP contribution in [0.15, 0.2) is 42.7 Å². The van der Waals surface area contributed by atoms with Crippen LogP contribution in [0.5, 0.6) is 0 Å². The van der Waals surface area contributed by atoms with E-state index in [-0.39, 0.29) is 0 Å². The van der Waals surface area contributed by atoms with Crippen molar-refractivity contribution in [3.8, 4) is 11.3 Å². The lowest BCUT2D eigenvalue weighted by atomic mass is 9.89. The third kappa shape index (κ3) is 3.81. The van der Waals surface area contributed by atoms with Crippen LogP contribution < -0.4 is 0 Å². The molecular formula is C19H19ClN4O2S. The second kappa shape index (κ2) is 7.14. The number of hydrogen-bond donors (Lipinski definition) is 0. The van der Waals surface area contributed by atoms with E-state index >= 15 is 0 Å². The summed E-state index contributed by atoms with van der Waals surface area (Å²) in [5.74, 6) is 0.371. The highest BCUT2D eigenvalue weighted by atomic mass is 35.5. The monoisotopic (exact) mass is 402 g/mol. The van der Waals surface area contributed by atoms with Gasteiger partial charge in [-0.3, -0.25) is 4.98 Å². The summed E-state index contributed by atoms with van der Waals surface area (Å²) in [6.07, 6.45) is 6.17. The lowest BCUT2D eigenvalue weighted by Gasteiger charge is -2.30. The average Bonchev–Trinajstić information content (AvgIpc) is 2.67. The SMILES string of the molecule is CS(=O)(=O)N1CCC(c2ccc(-c3cc4nccnc4c(Cl)n3)cc2)CC1. The Morgan fingerprint density at radius 2 is 1.74 bits per heavy atom. The van der Waals surface area contributed by atoms with E-state index in [1.54, 1.807) is 16.7 Å². The standard InChI is InChI=1S/C19H19ClN4O2S/c1-27(25,26)24-10-6-14(7-11-24)13-2-4-15(5-3-13)16-12-17-18(19(20)23-16)22-9-8-21-17/h2-5,8-9,12,14H,6-7,10-11H2,1H3. The van der Waals surface area contributed by atoms with Crippen molar-refractivity contribution in [1.82, 2.24) is 19.3 Å². The topological polar surface area (TPSA) is 76.1 Å². The van der Waals surface area contributed by atoms with Crippen LogP contribution in [0.2, 0.25) is 5.15 Å². The molecule has 0 aliphatic carbocycles. The first-order valence-electron chi connectivity index (χ1n) is 8.74. The molecule has 0 unspecified atom stereocenters. The van der Waals surface area contributed by atoms with E-state index in [1.165, 1.54) is 11.8 Å². The highest BCUT2D eigenvalue weighted by Gasteiger charge is 2.25. The van der Waals surface area contributed by atoms with Crippen molar-refractivity contribution in [2.24, 2.45) is 0 Å². The van der Waals surface area contributed by atoms with E-state index in [0.717, 1.165) is 24.1 Å². The Hall–Kier alpha value is -2.09. The Balaban J connectivity index is 1.55. The summed E-state index contributed by atoms with van der Waals surface area (Å²) in [6, 6.07) is 10.1. The zero-order valence-corrected chi connectivity index (χ0v) is 16.4. The summed E-state index contributed by atoms with van der Waals surface area (Å²) in [5, 5.41) is 0.341. The molecule has 1 aliphatic rings. The van der Waals surface area contributed by atoms with Crippen molar-refractivity contribution in [2.75, 3.05) is 19.3 Å². The predicted octanol–water partition coefficient (Wildman–Crippen LogP) is 3.48. The molecule has 1 aromatic carbocycles. The molecule has 1 saturated heterocycles. The number of sulfonamides is 1. The van der Waals surface area contributed by atoms with Gasteiger partial charge in [0.15, 0.2) is 5.15 Å². The van der Waals surface area contributed by atoms with Crippen LogP contribution >= 0.6 is 11.6 Å². The molecule has 0 amide bonds. The smallest absolute Gasteiger partial charge is 0.211 e. The minimum absolute atomic E-state index is 0.341. The fraction of sp³-hybridized carbons (Fsp3) is 0.316. The van der Waals surface area contributed by atoms with Gasteiger partial charge in [-0.1, -0.05) is 35.9 Å². The number of pyridine rings is 1. The third-order valence-corrected chi connectivity index (χ3v) is 6.58. The molecule has 4 rings (SSSR count). The summed E-state index contributed by atoms with van der Waals surface area (Å²) in [5.41, 5.74) is 4.24. The number of fused-ring (bicyclic) bond motifs is 1. The molecule has 0 saturated carbocycles. The molecule has 0 radical (unpaired) electrons. The summed E-state index contributed by atoms with van der Waals surface area (Å²) >= 11 is 6.25. The van der Waals surface area contributed by atoms with Crippen LogP contribution in [0.3, 0.4) is 0 Å². The van der Waals surface area contributed by atoms with Gasteiger partial charge in [-0.2, -0.15) is 0 Å². The van der Waals surface area contributed by atoms with Crippen LogP contribution in [0.1, 0.15) is 24.3 Å². The minimum atomic E-state index is -3.09. The van der Waals surface area contributed by atoms with Gasteiger partial charge in [-0.05, 0) is 30.4 Å². The average molecular weight is 403 g/mol. The second-order valence-electron chi connectivity index (χ2n) is 6.78. The van der Waals surface area contributed by atoms with Crippen molar-refractivity contribution < 1.29 is 8.42 Å². The van der Waals surface area contributed by atoms with Crippen molar-refractivity contribution >= 4 is 32.7 Å². The van der Waals surface area contributed by atoms with Gasteiger partial charge in [0.25, 0.3) is 0 Å². The third-order valence-electron chi connectivity index (χ3n) is 5.01. The molecular weight excluding hydrogens is 384 g/mol. The molecule has 3 heterocycles. The van der Waals surface area contributed by atoms with Crippen LogP contribution in [0.25, 0.3) is 22.3 Å². The zero-order chi connectivity index (χ0) is 19.0. The van der Waals surface area contributed by atoms with Crippen molar-refractivity contribution in [2.45, 2.75) is 18.8 Å². The summed E-state index contributed by atoms with van der Waals surface area (Å²) in [6.45, 7) is 1.15. The molecule has 0 spiro atoms. The normalized spacial score (nSPS) is 16.7. The molecule has 0 atom stereocenters. The van der Waals surface area contributed by atoms with Crippen LogP contribution in [-0.4, -0.2) is 47.0 Å². The lowest BCUT2D eigenvalue weighted by molar-refractivity contribution is 0.321. The van der Waals surface area contributed by atoms with Crippen LogP contribution in [0, 0.1) is 0 Å². The van der Waals surface area contributed by atoms with E-state index in [0.29, 0.717) is 35.2 Å². The predicted molar refractivity (Wildman–Crippen MR) is 106 cm³/mol. The molecule has 0 bridgehead atoms. The maximum absolute atomic E-state index is 11.7. The molecule has 6 nitrogen and oxygen atoms in total. The summed E-state index contributed by atoms with van der Waals surface area (Å²) in [4.78, 5) is 13.0. The Kier molecular flexibility index (Phi) is 4.84. The Labute approximate surface area is 163 Å². The van der Waals surface area contributed by atoms with Crippen molar-refractivity contribution in [3.05, 3.63) is 53.4 Å². The van der Waals surface area contributed by atoms with Crippen molar-refractivity contribution in [1.29, 1.82) is 0 Å². The first-order chi connectivity index (χ1) is 12.9. The first-order valence-corrected chi connectivity index (χ1v) is 11.0. The highest BCUT2D eigenvalue weighted by molar-refractivity contribution is 7.88. The van der Waals surface area contributed by atoms with Gasteiger partial charge in [0.2, 0.25) is 10.0 Å². The van der Waals surface area contributed by atoms with Gasteiger partial charge in [0, 0.05) is 31.0 Å². The van der Waals surface area contributed by atoms with Gasteiger partial charge >= 0.3 is 0 Å². The number of benzene rings is 1. The van der Waals surface area contributed by atoms with Gasteiger partial charge in [0.1, 0.15) is 5.52 Å². The van der Waals surface area contributed by atoms with E-state index in [4.69, 9.17) is 11.6 Å². The number of halogens is 1. The molecule has 0 N–H and O–H groups in total. The van der Waals surface area contributed by atoms with Gasteiger partial charge in [-0.25, -0.2) is 22.7 Å². The van der Waals surface area contributed by atoms with Crippen LogP contribution in [0.4, 0.5) is 0 Å². The summed E-state index contributed by atoms with van der Waals surface area (Å²) in [7, 11) is -3.09. The number of rotatable bonds is 3. The minimum Gasteiger partial charge on any atom is -0.253 e. The maximum atomic E-state index is 11.7. The second-order valence-corrected chi connectivity index (χ2v) is 9.12. The zero-order valence-electron chi connectivity index (χ0n) is 14.8. The quantitative estimate of drug-likeness (QED) is 0.627. The Morgan fingerprint density at radius 3 is 2.41 bits per heavy atom. The Bertz CT molecular complexity index is 1080. The maximum Gasteiger partial charge on any atom is 0.211 e. The van der Waals surface area contributed by atoms with Gasteiger partial charge in [0.05, 0.1) is 17.5 Å². The molecule has 2 aromatic heterocycles. The number of aromatic nitrogens is 3. The van der Waals surface area contributed by atoms with Gasteiger partial charge < -0.3 is 0 Å². The molecule has 1 aliphatic heterocycles. The Morgan fingerprint density at radius 1 is 1.07 bits per heavy atom. The molecule has 1 fully saturated rings. The number of nitrogens with zero attached hydrogens (tertiary/aromatic N) is 4. The fourth-order valence-corrected chi connectivity index (χ4v) is 4.64. The van der Waals surface area contributed by atoms with E-state index in [1.807, 2.05) is 18.2 Å². The largest absolute Gasteiger partial charge is 0.253 e. The van der Waals surface area contributed by atoms with Crippen molar-refractivity contribution in [3.63, 3.8) is 0 Å². The number of hydrogen-bond acceptors (Lipinski definition) is 5. The molecule has 8 heteroatoms. The highest BCUT2D eigenvalue weighted by Crippen LogP contribution is 2.31. The first kappa shape index (κ1) is 18.3. The van der Waals surface area contributed by atoms with E-state index < -0.39 is 10.0 Å². The molecule has 140 valence electrons. The van der Waals surface area contributed by atoms with Gasteiger partial charge in [-0.15, -0.1) is 0 Å².